The van der Waals surface area contributed by atoms with Crippen molar-refractivity contribution >= 4 is 33.6 Å². The summed E-state index contributed by atoms with van der Waals surface area (Å²) in [6.45, 7) is 1.92. The summed E-state index contributed by atoms with van der Waals surface area (Å²) in [4.78, 5) is 15.9. The van der Waals surface area contributed by atoms with Gasteiger partial charge in [-0.1, -0.05) is 0 Å². The molecule has 0 bridgehead atoms. The molecule has 1 heterocycles. The number of carbonyl (C=O) groups excluding carboxylic acids is 1. The second kappa shape index (κ2) is 6.98. The van der Waals surface area contributed by atoms with E-state index in [-0.39, 0.29) is 23.8 Å². The normalized spacial score (nSPS) is 14.1. The summed E-state index contributed by atoms with van der Waals surface area (Å²) in [5, 5.41) is 12.0. The van der Waals surface area contributed by atoms with Crippen LogP contribution in [0.3, 0.4) is 0 Å². The summed E-state index contributed by atoms with van der Waals surface area (Å²) in [7, 11) is 0. The van der Waals surface area contributed by atoms with Crippen molar-refractivity contribution in [1.29, 1.82) is 0 Å². The maximum absolute atomic E-state index is 11.9. The van der Waals surface area contributed by atoms with E-state index in [1.54, 1.807) is 18.3 Å². The van der Waals surface area contributed by atoms with Crippen molar-refractivity contribution in [2.75, 3.05) is 12.9 Å². The zero-order valence-electron chi connectivity index (χ0n) is 9.68. The minimum atomic E-state index is -0.159. The van der Waals surface area contributed by atoms with Crippen molar-refractivity contribution in [2.24, 2.45) is 0 Å². The Morgan fingerprint density at radius 3 is 2.94 bits per heavy atom. The largest absolute Gasteiger partial charge is 0.395 e. The Balaban J connectivity index is 2.66. The first-order valence-electron chi connectivity index (χ1n) is 5.14. The summed E-state index contributed by atoms with van der Waals surface area (Å²) < 4.78 is 0.626. The van der Waals surface area contributed by atoms with E-state index in [4.69, 9.17) is 5.11 Å². The lowest BCUT2D eigenvalue weighted by molar-refractivity contribution is 0.0935. The third-order valence-electron chi connectivity index (χ3n) is 2.39. The lowest BCUT2D eigenvalue weighted by Gasteiger charge is -2.21. The molecule has 0 saturated carbocycles. The van der Waals surface area contributed by atoms with E-state index in [2.05, 4.69) is 26.2 Å². The molecule has 0 saturated heterocycles. The molecule has 0 spiro atoms. The Morgan fingerprint density at radius 2 is 2.41 bits per heavy atom. The summed E-state index contributed by atoms with van der Waals surface area (Å²) in [6.07, 6.45) is 3.48. The molecular formula is C11H15BrN2O2S. The predicted molar refractivity (Wildman–Crippen MR) is 73.3 cm³/mol. The van der Waals surface area contributed by atoms with Crippen molar-refractivity contribution in [1.82, 2.24) is 10.3 Å². The number of aromatic nitrogens is 1. The zero-order valence-corrected chi connectivity index (χ0v) is 12.1. The number of amides is 1. The van der Waals surface area contributed by atoms with E-state index in [1.807, 2.05) is 13.2 Å². The first-order chi connectivity index (χ1) is 8.08. The monoisotopic (exact) mass is 318 g/mol. The summed E-state index contributed by atoms with van der Waals surface area (Å²) in [6, 6.07) is 3.23. The number of hydrogen-bond acceptors (Lipinski definition) is 4. The molecule has 2 unspecified atom stereocenters. The van der Waals surface area contributed by atoms with Gasteiger partial charge in [0.05, 0.1) is 6.61 Å². The number of aliphatic hydroxyl groups excluding tert-OH is 1. The number of rotatable bonds is 5. The Bertz CT molecular complexity index is 385. The van der Waals surface area contributed by atoms with E-state index in [1.165, 1.54) is 11.8 Å². The highest BCUT2D eigenvalue weighted by Gasteiger charge is 2.18. The van der Waals surface area contributed by atoms with E-state index in [0.29, 0.717) is 10.2 Å². The SMILES string of the molecule is CSC(CO)C(C)NC(=O)c1ccnc(Br)c1. The molecule has 0 aliphatic heterocycles. The van der Waals surface area contributed by atoms with Gasteiger partial charge < -0.3 is 10.4 Å². The maximum Gasteiger partial charge on any atom is 0.251 e. The van der Waals surface area contributed by atoms with Gasteiger partial charge in [-0.3, -0.25) is 4.79 Å². The van der Waals surface area contributed by atoms with Gasteiger partial charge in [0.1, 0.15) is 4.60 Å². The van der Waals surface area contributed by atoms with Crippen LogP contribution < -0.4 is 5.32 Å². The van der Waals surface area contributed by atoms with Gasteiger partial charge in [-0.2, -0.15) is 11.8 Å². The number of halogens is 1. The first-order valence-corrected chi connectivity index (χ1v) is 7.22. The molecule has 4 nitrogen and oxygen atoms in total. The van der Waals surface area contributed by atoms with Crippen molar-refractivity contribution < 1.29 is 9.90 Å². The number of thioether (sulfide) groups is 1. The fourth-order valence-electron chi connectivity index (χ4n) is 1.36. The van der Waals surface area contributed by atoms with E-state index < -0.39 is 0 Å². The molecule has 0 fully saturated rings. The van der Waals surface area contributed by atoms with Crippen LogP contribution in [0.2, 0.25) is 0 Å². The second-order valence-corrected chi connectivity index (χ2v) is 5.48. The maximum atomic E-state index is 11.9. The fraction of sp³-hybridized carbons (Fsp3) is 0.455. The molecule has 1 amide bonds. The van der Waals surface area contributed by atoms with Crippen LogP contribution in [-0.2, 0) is 0 Å². The third-order valence-corrected chi connectivity index (χ3v) is 3.98. The highest BCUT2D eigenvalue weighted by molar-refractivity contribution is 9.10. The molecule has 1 aromatic rings. The highest BCUT2D eigenvalue weighted by Crippen LogP contribution is 2.12. The van der Waals surface area contributed by atoms with Crippen LogP contribution in [0, 0.1) is 0 Å². The molecule has 17 heavy (non-hydrogen) atoms. The van der Waals surface area contributed by atoms with Gasteiger partial charge in [0.25, 0.3) is 5.91 Å². The predicted octanol–water partition coefficient (Wildman–Crippen LogP) is 1.69. The summed E-state index contributed by atoms with van der Waals surface area (Å²) in [5.41, 5.74) is 0.552. The molecular weight excluding hydrogens is 304 g/mol. The van der Waals surface area contributed by atoms with Gasteiger partial charge in [0.15, 0.2) is 0 Å². The van der Waals surface area contributed by atoms with E-state index in [9.17, 15) is 4.79 Å². The number of hydrogen-bond donors (Lipinski definition) is 2. The van der Waals surface area contributed by atoms with E-state index >= 15 is 0 Å². The fourth-order valence-corrected chi connectivity index (χ4v) is 2.35. The number of nitrogens with zero attached hydrogens (tertiary/aromatic N) is 1. The Kier molecular flexibility index (Phi) is 5.94. The number of aliphatic hydroxyl groups is 1. The summed E-state index contributed by atoms with van der Waals surface area (Å²) in [5.74, 6) is -0.159. The van der Waals surface area contributed by atoms with Gasteiger partial charge >= 0.3 is 0 Å². The minimum absolute atomic E-state index is 0.00391. The molecule has 0 aliphatic carbocycles. The third kappa shape index (κ3) is 4.29. The quantitative estimate of drug-likeness (QED) is 0.811. The van der Waals surface area contributed by atoms with Crippen LogP contribution in [0.1, 0.15) is 17.3 Å². The average molecular weight is 319 g/mol. The van der Waals surface area contributed by atoms with Crippen molar-refractivity contribution in [3.63, 3.8) is 0 Å². The molecule has 2 atom stereocenters. The Morgan fingerprint density at radius 1 is 1.71 bits per heavy atom. The van der Waals surface area contributed by atoms with Crippen molar-refractivity contribution in [3.05, 3.63) is 28.5 Å². The van der Waals surface area contributed by atoms with Gasteiger partial charge in [-0.05, 0) is 41.2 Å². The van der Waals surface area contributed by atoms with Crippen molar-refractivity contribution in [3.8, 4) is 0 Å². The van der Waals surface area contributed by atoms with Crippen LogP contribution in [0.5, 0.6) is 0 Å². The zero-order chi connectivity index (χ0) is 12.8. The molecule has 1 rings (SSSR count). The van der Waals surface area contributed by atoms with Crippen LogP contribution in [0.15, 0.2) is 22.9 Å². The lowest BCUT2D eigenvalue weighted by Crippen LogP contribution is -2.41. The van der Waals surface area contributed by atoms with Gasteiger partial charge in [0, 0.05) is 23.1 Å². The molecule has 94 valence electrons. The number of carbonyl (C=O) groups is 1. The Labute approximate surface area is 113 Å². The molecule has 0 aromatic carbocycles. The van der Waals surface area contributed by atoms with Crippen LogP contribution in [0.4, 0.5) is 0 Å². The highest BCUT2D eigenvalue weighted by atomic mass is 79.9. The average Bonchev–Trinajstić information content (AvgIpc) is 2.30. The smallest absolute Gasteiger partial charge is 0.251 e. The summed E-state index contributed by atoms with van der Waals surface area (Å²) >= 11 is 4.75. The minimum Gasteiger partial charge on any atom is -0.395 e. The first kappa shape index (κ1) is 14.5. The standard InChI is InChI=1S/C11H15BrN2O2S/c1-7(9(6-15)17-2)14-11(16)8-3-4-13-10(12)5-8/h3-5,7,9,15H,6H2,1-2H3,(H,14,16). The lowest BCUT2D eigenvalue weighted by atomic mass is 10.2. The van der Waals surface area contributed by atoms with E-state index in [0.717, 1.165) is 0 Å². The molecule has 6 heteroatoms. The Hall–Kier alpha value is -0.590. The van der Waals surface area contributed by atoms with Crippen LogP contribution in [0.25, 0.3) is 0 Å². The van der Waals surface area contributed by atoms with Crippen LogP contribution in [-0.4, -0.2) is 40.2 Å². The molecule has 0 radical (unpaired) electrons. The van der Waals surface area contributed by atoms with Gasteiger partial charge in [-0.15, -0.1) is 0 Å². The molecule has 1 aromatic heterocycles. The van der Waals surface area contributed by atoms with Gasteiger partial charge in [-0.25, -0.2) is 4.98 Å². The molecule has 0 aliphatic rings. The number of pyridine rings is 1. The van der Waals surface area contributed by atoms with Crippen molar-refractivity contribution in [2.45, 2.75) is 18.2 Å². The molecule has 2 N–H and O–H groups in total. The topological polar surface area (TPSA) is 62.2 Å². The number of nitrogens with one attached hydrogen (secondary N) is 1. The van der Waals surface area contributed by atoms with Crippen LogP contribution >= 0.6 is 27.7 Å². The van der Waals surface area contributed by atoms with Gasteiger partial charge in [0.2, 0.25) is 0 Å². The second-order valence-electron chi connectivity index (χ2n) is 3.59.